The molecule has 0 amide bonds. The smallest absolute Gasteiger partial charge is 0.0723 e. The van der Waals surface area contributed by atoms with E-state index in [9.17, 15) is 0 Å². The molecule has 0 bridgehead atoms. The molecule has 0 fully saturated rings. The van der Waals surface area contributed by atoms with Gasteiger partial charge in [-0.2, -0.15) is 10.2 Å². The van der Waals surface area contributed by atoms with Crippen LogP contribution in [-0.2, 0) is 12.8 Å². The van der Waals surface area contributed by atoms with Gasteiger partial charge >= 0.3 is 0 Å². The van der Waals surface area contributed by atoms with Gasteiger partial charge in [-0.1, -0.05) is 127 Å². The summed E-state index contributed by atoms with van der Waals surface area (Å²) in [6, 6.07) is 49.4. The van der Waals surface area contributed by atoms with E-state index in [1.807, 2.05) is 72.8 Å². The van der Waals surface area contributed by atoms with Crippen molar-refractivity contribution >= 4 is 22.8 Å². The average molecular weight is 495 g/mol. The highest BCUT2D eigenvalue weighted by Gasteiger charge is 2.07. The number of hydrogen-bond acceptors (Lipinski definition) is 4. The molecule has 5 aromatic carbocycles. The van der Waals surface area contributed by atoms with Crippen molar-refractivity contribution in [3.63, 3.8) is 0 Å². The van der Waals surface area contributed by atoms with Gasteiger partial charge in [-0.3, -0.25) is 10.9 Å². The number of nitrogens with zero attached hydrogens (tertiary/aromatic N) is 2. The molecule has 0 saturated heterocycles. The molecule has 0 atom stereocenters. The van der Waals surface area contributed by atoms with Crippen LogP contribution in [0.15, 0.2) is 156 Å². The van der Waals surface area contributed by atoms with Gasteiger partial charge in [-0.25, -0.2) is 0 Å². The van der Waals surface area contributed by atoms with Crippen molar-refractivity contribution in [3.05, 3.63) is 168 Å². The third kappa shape index (κ3) is 7.05. The van der Waals surface area contributed by atoms with Gasteiger partial charge in [0.15, 0.2) is 0 Å². The Bertz CT molecular complexity index is 1370. The molecule has 0 unspecified atom stereocenters. The molecule has 4 heteroatoms. The minimum absolute atomic E-state index is 0.736. The van der Waals surface area contributed by atoms with Crippen LogP contribution in [0.2, 0.25) is 0 Å². The SMILES string of the molecule is c1ccc(C/C(=N/Nc2cccc(N/N=C(/Cc3ccccc3)c3ccccc3)c2)c2ccccc2)cc1. The van der Waals surface area contributed by atoms with Gasteiger partial charge in [-0.05, 0) is 40.5 Å². The van der Waals surface area contributed by atoms with Crippen molar-refractivity contribution in [2.75, 3.05) is 10.9 Å². The maximum absolute atomic E-state index is 4.80. The molecule has 0 aliphatic heterocycles. The summed E-state index contributed by atoms with van der Waals surface area (Å²) in [6.07, 6.45) is 1.47. The molecule has 2 N–H and O–H groups in total. The van der Waals surface area contributed by atoms with Crippen LogP contribution >= 0.6 is 0 Å². The highest BCUT2D eigenvalue weighted by molar-refractivity contribution is 6.03. The van der Waals surface area contributed by atoms with E-state index in [1.165, 1.54) is 11.1 Å². The second kappa shape index (κ2) is 12.8. The Morgan fingerprint density at radius 1 is 0.421 bits per heavy atom. The highest BCUT2D eigenvalue weighted by atomic mass is 15.3. The molecule has 186 valence electrons. The largest absolute Gasteiger partial charge is 0.278 e. The number of hydrogen-bond donors (Lipinski definition) is 2. The maximum atomic E-state index is 4.80. The molecule has 0 aromatic heterocycles. The fourth-order valence-corrected chi connectivity index (χ4v) is 4.17. The molecule has 0 radical (unpaired) electrons. The predicted molar refractivity (Wildman–Crippen MR) is 160 cm³/mol. The number of rotatable bonds is 10. The first-order valence-electron chi connectivity index (χ1n) is 12.8. The Morgan fingerprint density at radius 2 is 0.789 bits per heavy atom. The number of nitrogens with one attached hydrogen (secondary N) is 2. The van der Waals surface area contributed by atoms with Crippen molar-refractivity contribution in [1.82, 2.24) is 0 Å². The first kappa shape index (κ1) is 24.7. The zero-order chi connectivity index (χ0) is 25.8. The summed E-state index contributed by atoms with van der Waals surface area (Å²) < 4.78 is 0. The van der Waals surface area contributed by atoms with Gasteiger partial charge in [0, 0.05) is 12.8 Å². The molecule has 4 nitrogen and oxygen atoms in total. The minimum atomic E-state index is 0.736. The van der Waals surface area contributed by atoms with Gasteiger partial charge in [-0.15, -0.1) is 0 Å². The van der Waals surface area contributed by atoms with E-state index in [1.54, 1.807) is 0 Å². The lowest BCUT2D eigenvalue weighted by molar-refractivity contribution is 1.23. The van der Waals surface area contributed by atoms with E-state index in [2.05, 4.69) is 83.6 Å². The minimum Gasteiger partial charge on any atom is -0.278 e. The Kier molecular flexibility index (Phi) is 8.35. The van der Waals surface area contributed by atoms with Crippen LogP contribution in [0.3, 0.4) is 0 Å². The van der Waals surface area contributed by atoms with E-state index in [0.717, 1.165) is 46.8 Å². The summed E-state index contributed by atoms with van der Waals surface area (Å²) in [5.41, 5.74) is 14.9. The van der Waals surface area contributed by atoms with E-state index >= 15 is 0 Å². The van der Waals surface area contributed by atoms with E-state index in [-0.39, 0.29) is 0 Å². The lowest BCUT2D eigenvalue weighted by Gasteiger charge is -2.11. The van der Waals surface area contributed by atoms with Gasteiger partial charge in [0.1, 0.15) is 0 Å². The zero-order valence-electron chi connectivity index (χ0n) is 21.2. The van der Waals surface area contributed by atoms with Crippen LogP contribution in [-0.4, -0.2) is 11.4 Å². The molecule has 0 aliphatic carbocycles. The van der Waals surface area contributed by atoms with Crippen LogP contribution in [0.25, 0.3) is 0 Å². The Morgan fingerprint density at radius 3 is 1.18 bits per heavy atom. The first-order chi connectivity index (χ1) is 18.8. The molecular weight excluding hydrogens is 464 g/mol. The summed E-state index contributed by atoms with van der Waals surface area (Å²) in [6.45, 7) is 0. The Hall–Kier alpha value is -4.96. The van der Waals surface area contributed by atoms with Crippen LogP contribution in [0.1, 0.15) is 22.3 Å². The lowest BCUT2D eigenvalue weighted by Crippen LogP contribution is -2.09. The van der Waals surface area contributed by atoms with Crippen LogP contribution in [0.4, 0.5) is 11.4 Å². The number of benzene rings is 5. The van der Waals surface area contributed by atoms with E-state index in [4.69, 9.17) is 10.2 Å². The third-order valence-corrected chi connectivity index (χ3v) is 6.15. The molecule has 0 saturated carbocycles. The fourth-order valence-electron chi connectivity index (χ4n) is 4.17. The fraction of sp³-hybridized carbons (Fsp3) is 0.0588. The normalized spacial score (nSPS) is 11.7. The van der Waals surface area contributed by atoms with E-state index < -0.39 is 0 Å². The van der Waals surface area contributed by atoms with E-state index in [0.29, 0.717) is 0 Å². The molecule has 0 spiro atoms. The summed E-state index contributed by atoms with van der Waals surface area (Å²) in [5, 5.41) is 9.60. The van der Waals surface area contributed by atoms with Crippen molar-refractivity contribution in [1.29, 1.82) is 0 Å². The van der Waals surface area contributed by atoms with Gasteiger partial charge < -0.3 is 0 Å². The molecule has 0 aliphatic rings. The van der Waals surface area contributed by atoms with Gasteiger partial charge in [0.2, 0.25) is 0 Å². The lowest BCUT2D eigenvalue weighted by atomic mass is 10.0. The monoisotopic (exact) mass is 494 g/mol. The van der Waals surface area contributed by atoms with Gasteiger partial charge in [0.25, 0.3) is 0 Å². The summed E-state index contributed by atoms with van der Waals surface area (Å²) >= 11 is 0. The second-order valence-corrected chi connectivity index (χ2v) is 8.98. The number of anilines is 2. The van der Waals surface area contributed by atoms with Crippen molar-refractivity contribution in [2.45, 2.75) is 12.8 Å². The Labute approximate surface area is 224 Å². The predicted octanol–water partition coefficient (Wildman–Crippen LogP) is 7.80. The zero-order valence-corrected chi connectivity index (χ0v) is 21.2. The standard InChI is InChI=1S/C34H30N4/c1-5-14-27(15-6-1)24-33(29-18-9-3-10-19-29)37-35-31-22-13-23-32(26-31)36-38-34(30-20-11-4-12-21-30)25-28-16-7-2-8-17-28/h1-23,26,35-36H,24-25H2/b37-33-,38-34-. The molecule has 0 heterocycles. The van der Waals surface area contributed by atoms with Crippen LogP contribution in [0, 0.1) is 0 Å². The van der Waals surface area contributed by atoms with Crippen LogP contribution in [0.5, 0.6) is 0 Å². The molecular formula is C34H30N4. The van der Waals surface area contributed by atoms with Gasteiger partial charge in [0.05, 0.1) is 22.8 Å². The summed E-state index contributed by atoms with van der Waals surface area (Å²) in [7, 11) is 0. The quantitative estimate of drug-likeness (QED) is 0.154. The number of hydrazone groups is 2. The molecule has 38 heavy (non-hydrogen) atoms. The molecule has 5 aromatic rings. The summed E-state index contributed by atoms with van der Waals surface area (Å²) in [4.78, 5) is 0. The van der Waals surface area contributed by atoms with Crippen LogP contribution < -0.4 is 10.9 Å². The molecule has 5 rings (SSSR count). The van der Waals surface area contributed by atoms with Crippen molar-refractivity contribution < 1.29 is 0 Å². The first-order valence-corrected chi connectivity index (χ1v) is 12.8. The average Bonchev–Trinajstić information content (AvgIpc) is 2.99. The van der Waals surface area contributed by atoms with Crippen molar-refractivity contribution in [3.8, 4) is 0 Å². The topological polar surface area (TPSA) is 48.8 Å². The second-order valence-electron chi connectivity index (χ2n) is 8.98. The van der Waals surface area contributed by atoms with Crippen molar-refractivity contribution in [2.24, 2.45) is 10.2 Å². The Balaban J connectivity index is 1.35. The highest BCUT2D eigenvalue weighted by Crippen LogP contribution is 2.17. The summed E-state index contributed by atoms with van der Waals surface area (Å²) in [5.74, 6) is 0. The maximum Gasteiger partial charge on any atom is 0.0723 e. The third-order valence-electron chi connectivity index (χ3n) is 6.15.